The molecule has 3 heteroatoms. The first-order valence-corrected chi connectivity index (χ1v) is 7.04. The molecule has 2 N–H and O–H groups in total. The van der Waals surface area contributed by atoms with Gasteiger partial charge >= 0.3 is 0 Å². The fourth-order valence-electron chi connectivity index (χ4n) is 2.19. The zero-order valence-corrected chi connectivity index (χ0v) is 12.4. The summed E-state index contributed by atoms with van der Waals surface area (Å²) >= 11 is 6.07. The molecule has 2 nitrogen and oxygen atoms in total. The van der Waals surface area contributed by atoms with Gasteiger partial charge in [0.1, 0.15) is 0 Å². The lowest BCUT2D eigenvalue weighted by Crippen LogP contribution is -2.06. The van der Waals surface area contributed by atoms with Crippen LogP contribution in [-0.4, -0.2) is 5.78 Å². The summed E-state index contributed by atoms with van der Waals surface area (Å²) in [7, 11) is 0. The monoisotopic (exact) mass is 287 g/mol. The van der Waals surface area contributed by atoms with Crippen molar-refractivity contribution in [2.24, 2.45) is 5.92 Å². The number of benzene rings is 2. The number of carbonyl (C=O) groups excluding carboxylic acids is 1. The van der Waals surface area contributed by atoms with E-state index in [1.54, 1.807) is 18.2 Å². The average molecular weight is 288 g/mol. The zero-order valence-electron chi connectivity index (χ0n) is 11.7. The van der Waals surface area contributed by atoms with E-state index in [1.165, 1.54) is 5.56 Å². The lowest BCUT2D eigenvalue weighted by Gasteiger charge is -2.09. The fourth-order valence-corrected chi connectivity index (χ4v) is 2.46. The Balaban J connectivity index is 2.30. The molecule has 104 valence electrons. The van der Waals surface area contributed by atoms with Gasteiger partial charge in [-0.2, -0.15) is 0 Å². The standard InChI is InChI=1S/C17H18ClNO/c1-11(2)10-12-6-8-13(9-7-12)17(20)16-14(18)4-3-5-15(16)19/h3-9,11H,10,19H2,1-2H3. The molecule has 0 saturated heterocycles. The van der Waals surface area contributed by atoms with Gasteiger partial charge in [-0.05, 0) is 30.0 Å². The van der Waals surface area contributed by atoms with Crippen molar-refractivity contribution in [1.29, 1.82) is 0 Å². The van der Waals surface area contributed by atoms with E-state index >= 15 is 0 Å². The molecule has 2 rings (SSSR count). The van der Waals surface area contributed by atoms with Gasteiger partial charge in [-0.15, -0.1) is 0 Å². The Morgan fingerprint density at radius 2 is 1.80 bits per heavy atom. The summed E-state index contributed by atoms with van der Waals surface area (Å²) in [5, 5.41) is 0.390. The van der Waals surface area contributed by atoms with Crippen LogP contribution in [-0.2, 0) is 6.42 Å². The first-order chi connectivity index (χ1) is 9.49. The SMILES string of the molecule is CC(C)Cc1ccc(C(=O)c2c(N)cccc2Cl)cc1. The van der Waals surface area contributed by atoms with Crippen LogP contribution in [0, 0.1) is 5.92 Å². The first kappa shape index (κ1) is 14.6. The van der Waals surface area contributed by atoms with Gasteiger partial charge in [-0.3, -0.25) is 4.79 Å². The quantitative estimate of drug-likeness (QED) is 0.671. The highest BCUT2D eigenvalue weighted by Gasteiger charge is 2.15. The van der Waals surface area contributed by atoms with E-state index in [4.69, 9.17) is 17.3 Å². The summed E-state index contributed by atoms with van der Waals surface area (Å²) in [6, 6.07) is 12.7. The van der Waals surface area contributed by atoms with Gasteiger partial charge in [0.2, 0.25) is 0 Å². The Hall–Kier alpha value is -1.80. The lowest BCUT2D eigenvalue weighted by atomic mass is 9.98. The normalized spacial score (nSPS) is 10.8. The van der Waals surface area contributed by atoms with Crippen LogP contribution in [0.2, 0.25) is 5.02 Å². The molecule has 20 heavy (non-hydrogen) atoms. The van der Waals surface area contributed by atoms with Gasteiger partial charge in [-0.25, -0.2) is 0 Å². The summed E-state index contributed by atoms with van der Waals surface area (Å²) in [6.07, 6.45) is 1.00. The van der Waals surface area contributed by atoms with Gasteiger partial charge in [-0.1, -0.05) is 55.8 Å². The van der Waals surface area contributed by atoms with Gasteiger partial charge in [0, 0.05) is 11.3 Å². The smallest absolute Gasteiger partial charge is 0.196 e. The van der Waals surface area contributed by atoms with Crippen molar-refractivity contribution in [1.82, 2.24) is 0 Å². The number of halogens is 1. The molecule has 0 spiro atoms. The van der Waals surface area contributed by atoms with Crippen LogP contribution in [0.1, 0.15) is 35.3 Å². The van der Waals surface area contributed by atoms with Gasteiger partial charge in [0.25, 0.3) is 0 Å². The first-order valence-electron chi connectivity index (χ1n) is 6.66. The van der Waals surface area contributed by atoms with Crippen molar-refractivity contribution in [2.75, 3.05) is 5.73 Å². The van der Waals surface area contributed by atoms with Crippen LogP contribution in [0.4, 0.5) is 5.69 Å². The number of carbonyl (C=O) groups is 1. The molecule has 0 radical (unpaired) electrons. The molecule has 0 saturated carbocycles. The number of ketones is 1. The number of hydrogen-bond donors (Lipinski definition) is 1. The summed E-state index contributed by atoms with van der Waals surface area (Å²) in [5.74, 6) is 0.458. The maximum atomic E-state index is 12.5. The molecule has 2 aromatic carbocycles. The van der Waals surface area contributed by atoms with Crippen molar-refractivity contribution in [3.05, 3.63) is 64.2 Å². The van der Waals surface area contributed by atoms with E-state index < -0.39 is 0 Å². The van der Waals surface area contributed by atoms with Crippen LogP contribution in [0.25, 0.3) is 0 Å². The number of anilines is 1. The number of nitrogens with two attached hydrogens (primary N) is 1. The number of hydrogen-bond acceptors (Lipinski definition) is 2. The zero-order chi connectivity index (χ0) is 14.7. The van der Waals surface area contributed by atoms with E-state index in [1.807, 2.05) is 24.3 Å². The maximum Gasteiger partial charge on any atom is 0.196 e. The summed E-state index contributed by atoms with van der Waals surface area (Å²) in [4.78, 5) is 12.5. The molecule has 0 aliphatic carbocycles. The van der Waals surface area contributed by atoms with E-state index in [0.29, 0.717) is 27.8 Å². The molecule has 2 aromatic rings. The van der Waals surface area contributed by atoms with Crippen molar-refractivity contribution in [3.8, 4) is 0 Å². The summed E-state index contributed by atoms with van der Waals surface area (Å²) < 4.78 is 0. The van der Waals surface area contributed by atoms with Crippen LogP contribution >= 0.6 is 11.6 Å². The van der Waals surface area contributed by atoms with Crippen molar-refractivity contribution in [2.45, 2.75) is 20.3 Å². The highest BCUT2D eigenvalue weighted by atomic mass is 35.5. The second-order valence-electron chi connectivity index (χ2n) is 5.33. The molecule has 0 aliphatic heterocycles. The van der Waals surface area contributed by atoms with Crippen molar-refractivity contribution >= 4 is 23.1 Å². The lowest BCUT2D eigenvalue weighted by molar-refractivity contribution is 0.103. The molecule has 0 bridgehead atoms. The third-order valence-corrected chi connectivity index (χ3v) is 3.45. The van der Waals surface area contributed by atoms with E-state index in [2.05, 4.69) is 13.8 Å². The topological polar surface area (TPSA) is 43.1 Å². The van der Waals surface area contributed by atoms with E-state index in [0.717, 1.165) is 6.42 Å². The minimum absolute atomic E-state index is 0.135. The van der Waals surface area contributed by atoms with Crippen LogP contribution in [0.3, 0.4) is 0 Å². The Kier molecular flexibility index (Phi) is 4.46. The number of nitrogen functional groups attached to an aromatic ring is 1. The maximum absolute atomic E-state index is 12.5. The number of rotatable bonds is 4. The third-order valence-electron chi connectivity index (χ3n) is 3.13. The Bertz CT molecular complexity index is 597. The molecule has 0 amide bonds. The highest BCUT2D eigenvalue weighted by molar-refractivity contribution is 6.35. The average Bonchev–Trinajstić information content (AvgIpc) is 2.38. The minimum Gasteiger partial charge on any atom is -0.398 e. The third kappa shape index (κ3) is 3.20. The Labute approximate surface area is 124 Å². The molecule has 0 unspecified atom stereocenters. The van der Waals surface area contributed by atoms with E-state index in [9.17, 15) is 4.79 Å². The minimum atomic E-state index is -0.135. The summed E-state index contributed by atoms with van der Waals surface area (Å²) in [5.41, 5.74) is 8.48. The second kappa shape index (κ2) is 6.10. The molecule has 0 aromatic heterocycles. The predicted molar refractivity (Wildman–Crippen MR) is 84.3 cm³/mol. The van der Waals surface area contributed by atoms with E-state index in [-0.39, 0.29) is 5.78 Å². The van der Waals surface area contributed by atoms with Crippen molar-refractivity contribution in [3.63, 3.8) is 0 Å². The molecule has 0 heterocycles. The molecule has 0 fully saturated rings. The molecule has 0 aliphatic rings. The summed E-state index contributed by atoms with van der Waals surface area (Å²) in [6.45, 7) is 4.34. The fraction of sp³-hybridized carbons (Fsp3) is 0.235. The van der Waals surface area contributed by atoms with Crippen molar-refractivity contribution < 1.29 is 4.79 Å². The Morgan fingerprint density at radius 3 is 2.35 bits per heavy atom. The van der Waals surface area contributed by atoms with Crippen LogP contribution in [0.15, 0.2) is 42.5 Å². The Morgan fingerprint density at radius 1 is 1.15 bits per heavy atom. The van der Waals surface area contributed by atoms with Gasteiger partial charge in [0.05, 0.1) is 10.6 Å². The van der Waals surface area contributed by atoms with Crippen LogP contribution < -0.4 is 5.73 Å². The molecular formula is C17H18ClNO. The highest BCUT2D eigenvalue weighted by Crippen LogP contribution is 2.25. The van der Waals surface area contributed by atoms with Gasteiger partial charge in [0.15, 0.2) is 5.78 Å². The molecule has 0 atom stereocenters. The second-order valence-corrected chi connectivity index (χ2v) is 5.74. The predicted octanol–water partition coefficient (Wildman–Crippen LogP) is 4.35. The largest absolute Gasteiger partial charge is 0.398 e. The van der Waals surface area contributed by atoms with Crippen LogP contribution in [0.5, 0.6) is 0 Å². The van der Waals surface area contributed by atoms with Gasteiger partial charge < -0.3 is 5.73 Å². The molecular weight excluding hydrogens is 270 g/mol.